The molecule has 25 heavy (non-hydrogen) atoms. The zero-order valence-corrected chi connectivity index (χ0v) is 13.9. The van der Waals surface area contributed by atoms with Crippen LogP contribution in [-0.4, -0.2) is 26.9 Å². The van der Waals surface area contributed by atoms with Gasteiger partial charge in [0.1, 0.15) is 12.1 Å². The molecule has 2 heterocycles. The number of hydrogen-bond acceptors (Lipinski definition) is 6. The minimum absolute atomic E-state index is 0.180. The number of nitrogens with one attached hydrogen (secondary N) is 1. The number of aryl methyl sites for hydroxylation is 1. The van der Waals surface area contributed by atoms with E-state index in [2.05, 4.69) is 26.5 Å². The van der Waals surface area contributed by atoms with E-state index in [1.807, 2.05) is 6.92 Å². The number of fused-ring (bicyclic) bond motifs is 1. The normalized spacial score (nSPS) is 11.9. The Hall–Kier alpha value is -3.21. The van der Waals surface area contributed by atoms with Crippen LogP contribution in [0.25, 0.3) is 11.0 Å². The predicted octanol–water partition coefficient (Wildman–Crippen LogP) is 3.06. The van der Waals surface area contributed by atoms with E-state index in [0.717, 1.165) is 10.9 Å². The molecule has 1 atom stereocenters. The molecule has 3 rings (SSSR count). The molecule has 0 aliphatic rings. The lowest BCUT2D eigenvalue weighted by Gasteiger charge is -2.16. The molecular weight excluding hydrogens is 323 g/mol. The summed E-state index contributed by atoms with van der Waals surface area (Å²) in [7, 11) is 1.43. The Balaban J connectivity index is 1.86. The maximum Gasteiger partial charge on any atom is 0.165 e. The summed E-state index contributed by atoms with van der Waals surface area (Å²) < 4.78 is 20.5. The van der Waals surface area contributed by atoms with E-state index in [-0.39, 0.29) is 11.8 Å². The van der Waals surface area contributed by atoms with Gasteiger partial charge in [-0.25, -0.2) is 19.0 Å². The Labute approximate surface area is 144 Å². The molecular formula is C17H17FN6O. The number of benzene rings is 1. The third-order valence-corrected chi connectivity index (χ3v) is 3.90. The summed E-state index contributed by atoms with van der Waals surface area (Å²) in [4.78, 5) is 8.50. The second-order valence-electron chi connectivity index (χ2n) is 5.50. The van der Waals surface area contributed by atoms with Crippen LogP contribution in [0.3, 0.4) is 0 Å². The van der Waals surface area contributed by atoms with Crippen molar-refractivity contribution in [2.24, 2.45) is 0 Å². The molecule has 128 valence electrons. The Morgan fingerprint density at radius 1 is 1.40 bits per heavy atom. The number of nitriles is 1. The van der Waals surface area contributed by atoms with E-state index in [9.17, 15) is 4.39 Å². The molecule has 1 N–H and O–H groups in total. The molecule has 0 saturated heterocycles. The van der Waals surface area contributed by atoms with Gasteiger partial charge in [-0.15, -0.1) is 0 Å². The van der Waals surface area contributed by atoms with Crippen LogP contribution in [0.4, 0.5) is 10.2 Å². The number of hydrogen-bond donors (Lipinski definition) is 1. The van der Waals surface area contributed by atoms with Crippen molar-refractivity contribution in [2.75, 3.05) is 12.4 Å². The average Bonchev–Trinajstić information content (AvgIpc) is 3.04. The number of aromatic nitrogens is 4. The Morgan fingerprint density at radius 3 is 2.96 bits per heavy atom. The van der Waals surface area contributed by atoms with Crippen molar-refractivity contribution < 1.29 is 9.13 Å². The van der Waals surface area contributed by atoms with Crippen LogP contribution >= 0.6 is 0 Å². The van der Waals surface area contributed by atoms with E-state index in [0.29, 0.717) is 24.4 Å². The first-order valence-corrected chi connectivity index (χ1v) is 7.77. The Bertz CT molecular complexity index is 933. The van der Waals surface area contributed by atoms with Crippen LogP contribution in [0.1, 0.15) is 24.9 Å². The van der Waals surface area contributed by atoms with E-state index < -0.39 is 5.82 Å². The lowest BCUT2D eigenvalue weighted by atomic mass is 10.1. The van der Waals surface area contributed by atoms with Gasteiger partial charge >= 0.3 is 0 Å². The molecule has 0 bridgehead atoms. The highest BCUT2D eigenvalue weighted by Gasteiger charge is 2.14. The summed E-state index contributed by atoms with van der Waals surface area (Å²) in [5.74, 6) is 0.405. The largest absolute Gasteiger partial charge is 0.494 e. The van der Waals surface area contributed by atoms with E-state index in [4.69, 9.17) is 10.00 Å². The van der Waals surface area contributed by atoms with E-state index in [1.165, 1.54) is 19.5 Å². The number of halogens is 1. The van der Waals surface area contributed by atoms with E-state index in [1.54, 1.807) is 23.0 Å². The molecule has 0 saturated carbocycles. The summed E-state index contributed by atoms with van der Waals surface area (Å²) in [6.07, 6.45) is 3.46. The van der Waals surface area contributed by atoms with Crippen molar-refractivity contribution in [3.05, 3.63) is 42.1 Å². The number of methoxy groups -OCH3 is 1. The number of anilines is 1. The van der Waals surface area contributed by atoms with Crippen LogP contribution in [-0.2, 0) is 6.54 Å². The van der Waals surface area contributed by atoms with Crippen molar-refractivity contribution in [2.45, 2.75) is 25.9 Å². The second kappa shape index (κ2) is 7.13. The first-order valence-electron chi connectivity index (χ1n) is 7.77. The smallest absolute Gasteiger partial charge is 0.165 e. The van der Waals surface area contributed by atoms with Gasteiger partial charge in [0.2, 0.25) is 0 Å². The fourth-order valence-electron chi connectivity index (χ4n) is 2.57. The molecule has 0 amide bonds. The predicted molar refractivity (Wildman–Crippen MR) is 90.5 cm³/mol. The molecule has 0 unspecified atom stereocenters. The third kappa shape index (κ3) is 3.35. The molecule has 0 aliphatic heterocycles. The zero-order chi connectivity index (χ0) is 17.8. The van der Waals surface area contributed by atoms with Crippen LogP contribution < -0.4 is 10.1 Å². The van der Waals surface area contributed by atoms with Crippen molar-refractivity contribution in [3.8, 4) is 11.8 Å². The minimum atomic E-state index is -0.411. The fourth-order valence-corrected chi connectivity index (χ4v) is 2.57. The van der Waals surface area contributed by atoms with Crippen LogP contribution in [0.5, 0.6) is 5.75 Å². The van der Waals surface area contributed by atoms with Crippen molar-refractivity contribution >= 4 is 16.9 Å². The molecule has 0 aliphatic carbocycles. The van der Waals surface area contributed by atoms with Gasteiger partial charge in [0.05, 0.1) is 43.8 Å². The van der Waals surface area contributed by atoms with Gasteiger partial charge in [-0.2, -0.15) is 10.4 Å². The molecule has 3 aromatic rings. The highest BCUT2D eigenvalue weighted by atomic mass is 19.1. The summed E-state index contributed by atoms with van der Waals surface area (Å²) >= 11 is 0. The summed E-state index contributed by atoms with van der Waals surface area (Å²) in [6.45, 7) is 2.38. The fraction of sp³-hybridized carbons (Fsp3) is 0.294. The lowest BCUT2D eigenvalue weighted by molar-refractivity contribution is 0.386. The third-order valence-electron chi connectivity index (χ3n) is 3.90. The molecule has 0 spiro atoms. The van der Waals surface area contributed by atoms with Gasteiger partial charge in [-0.1, -0.05) is 6.07 Å². The number of rotatable bonds is 6. The number of ether oxygens (including phenoxy) is 1. The molecule has 0 radical (unpaired) electrons. The molecule has 2 aromatic heterocycles. The second-order valence-corrected chi connectivity index (χ2v) is 5.50. The Morgan fingerprint density at radius 2 is 2.24 bits per heavy atom. The molecule has 8 heteroatoms. The summed E-state index contributed by atoms with van der Waals surface area (Å²) in [5.41, 5.74) is 1.42. The van der Waals surface area contributed by atoms with Crippen molar-refractivity contribution in [1.82, 2.24) is 19.7 Å². The van der Waals surface area contributed by atoms with E-state index >= 15 is 0 Å². The van der Waals surface area contributed by atoms with Gasteiger partial charge in [-0.3, -0.25) is 0 Å². The SMILES string of the molecule is COc1ccc([C@@H](C)Nc2ncnc3c2cnn3CCC#N)cc1F. The first kappa shape index (κ1) is 16.6. The van der Waals surface area contributed by atoms with Gasteiger partial charge < -0.3 is 10.1 Å². The number of nitrogens with zero attached hydrogens (tertiary/aromatic N) is 5. The van der Waals surface area contributed by atoms with Crippen LogP contribution in [0.2, 0.25) is 0 Å². The molecule has 0 fully saturated rings. The first-order chi connectivity index (χ1) is 12.1. The standard InChI is InChI=1S/C17H17FN6O/c1-11(12-4-5-15(25-2)14(18)8-12)23-16-13-9-22-24(7-3-6-19)17(13)21-10-20-16/h4-5,8-11H,3,7H2,1-2H3,(H,20,21,23)/t11-/m1/s1. The average molecular weight is 340 g/mol. The zero-order valence-electron chi connectivity index (χ0n) is 13.9. The highest BCUT2D eigenvalue weighted by molar-refractivity contribution is 5.86. The van der Waals surface area contributed by atoms with Crippen LogP contribution in [0, 0.1) is 17.1 Å². The lowest BCUT2D eigenvalue weighted by Crippen LogP contribution is -2.09. The summed E-state index contributed by atoms with van der Waals surface area (Å²) in [6, 6.07) is 6.74. The Kier molecular flexibility index (Phi) is 4.75. The van der Waals surface area contributed by atoms with Gasteiger partial charge in [0, 0.05) is 0 Å². The van der Waals surface area contributed by atoms with Crippen molar-refractivity contribution in [1.29, 1.82) is 5.26 Å². The topological polar surface area (TPSA) is 88.7 Å². The van der Waals surface area contributed by atoms with Gasteiger partial charge in [0.15, 0.2) is 17.2 Å². The monoisotopic (exact) mass is 340 g/mol. The minimum Gasteiger partial charge on any atom is -0.494 e. The maximum atomic E-state index is 13.9. The van der Waals surface area contributed by atoms with Crippen molar-refractivity contribution in [3.63, 3.8) is 0 Å². The summed E-state index contributed by atoms with van der Waals surface area (Å²) in [5, 5.41) is 17.0. The van der Waals surface area contributed by atoms with Gasteiger partial charge in [-0.05, 0) is 24.6 Å². The highest BCUT2D eigenvalue weighted by Crippen LogP contribution is 2.26. The molecule has 7 nitrogen and oxygen atoms in total. The molecule has 1 aromatic carbocycles. The van der Waals surface area contributed by atoms with Crippen LogP contribution in [0.15, 0.2) is 30.7 Å². The van der Waals surface area contributed by atoms with Gasteiger partial charge in [0.25, 0.3) is 0 Å². The maximum absolute atomic E-state index is 13.9. The quantitative estimate of drug-likeness (QED) is 0.742.